The molecule has 0 bridgehead atoms. The lowest BCUT2D eigenvalue weighted by molar-refractivity contribution is -0.117. The molecule has 1 atom stereocenters. The first-order valence-corrected chi connectivity index (χ1v) is 8.13. The van der Waals surface area contributed by atoms with Crippen LogP contribution in [0.1, 0.15) is 6.42 Å². The van der Waals surface area contributed by atoms with E-state index >= 15 is 0 Å². The molecule has 4 nitrogen and oxygen atoms in total. The molecule has 1 aromatic rings. The van der Waals surface area contributed by atoms with Crippen LogP contribution in [-0.4, -0.2) is 26.6 Å². The lowest BCUT2D eigenvalue weighted by atomic mass is 10.1. The molecule has 21 heavy (non-hydrogen) atoms. The van der Waals surface area contributed by atoms with Crippen LogP contribution in [0.4, 0.5) is 23.2 Å². The Balaban J connectivity index is 2.38. The predicted molar refractivity (Wildman–Crippen MR) is 66.4 cm³/mol. The number of hydrogen-bond donors (Lipinski definition) is 0. The summed E-state index contributed by atoms with van der Waals surface area (Å²) in [4.78, 5) is 12.2. The molecule has 2 rings (SSSR count). The van der Waals surface area contributed by atoms with Crippen LogP contribution in [0.2, 0.25) is 0 Å². The molecule has 0 spiro atoms. The summed E-state index contributed by atoms with van der Waals surface area (Å²) in [5.41, 5.74) is -1.16. The van der Waals surface area contributed by atoms with E-state index < -0.39 is 62.1 Å². The second-order valence-electron chi connectivity index (χ2n) is 4.60. The number of carbonyl (C=O) groups excluding carboxylic acids is 1. The molecule has 1 unspecified atom stereocenters. The number of halogens is 5. The van der Waals surface area contributed by atoms with Gasteiger partial charge < -0.3 is 4.90 Å². The van der Waals surface area contributed by atoms with Crippen LogP contribution in [0.5, 0.6) is 0 Å². The molecule has 1 aromatic carbocycles. The minimum Gasteiger partial charge on any atom is -0.307 e. The average Bonchev–Trinajstić information content (AvgIpc) is 2.66. The Morgan fingerprint density at radius 1 is 1.19 bits per heavy atom. The number of amides is 1. The Hall–Kier alpha value is -1.35. The molecule has 0 aromatic heterocycles. The van der Waals surface area contributed by atoms with Gasteiger partial charge in [-0.15, -0.1) is 0 Å². The van der Waals surface area contributed by atoms with E-state index in [9.17, 15) is 30.8 Å². The molecule has 1 fully saturated rings. The number of rotatable bonds is 3. The maximum Gasteiger partial charge on any atom is 0.232 e. The fourth-order valence-electron chi connectivity index (χ4n) is 2.19. The van der Waals surface area contributed by atoms with Gasteiger partial charge in [-0.25, -0.2) is 26.0 Å². The summed E-state index contributed by atoms with van der Waals surface area (Å²) in [7, 11) is 1.13. The Bertz CT molecular complexity index is 684. The predicted octanol–water partition coefficient (Wildman–Crippen LogP) is 2.16. The summed E-state index contributed by atoms with van der Waals surface area (Å²) in [6.07, 6.45) is -0.344. The second kappa shape index (κ2) is 5.45. The molecule has 0 saturated carbocycles. The Morgan fingerprint density at radius 2 is 1.71 bits per heavy atom. The third kappa shape index (κ3) is 3.29. The van der Waals surface area contributed by atoms with Gasteiger partial charge in [0.1, 0.15) is 5.69 Å². The van der Waals surface area contributed by atoms with Gasteiger partial charge in [-0.3, -0.25) is 4.79 Å². The maximum atomic E-state index is 13.6. The summed E-state index contributed by atoms with van der Waals surface area (Å²) in [5.74, 6) is -8.96. The molecular weight excluding hydrogens is 338 g/mol. The van der Waals surface area contributed by atoms with E-state index in [1.165, 1.54) is 0 Å². The van der Waals surface area contributed by atoms with Crippen molar-refractivity contribution in [2.24, 2.45) is 5.92 Å². The number of anilines is 1. The monoisotopic (exact) mass is 345 g/mol. The lowest BCUT2D eigenvalue weighted by Crippen LogP contribution is -2.28. The number of benzene rings is 1. The highest BCUT2D eigenvalue weighted by molar-refractivity contribution is 8.13. The Labute approximate surface area is 121 Å². The van der Waals surface area contributed by atoms with Crippen molar-refractivity contribution >= 4 is 31.3 Å². The van der Waals surface area contributed by atoms with E-state index in [-0.39, 0.29) is 12.5 Å². The summed E-state index contributed by atoms with van der Waals surface area (Å²) >= 11 is 0. The number of nitrogens with zero attached hydrogens (tertiary/aromatic N) is 1. The third-order valence-electron chi connectivity index (χ3n) is 3.00. The highest BCUT2D eigenvalue weighted by Gasteiger charge is 2.37. The van der Waals surface area contributed by atoms with Crippen LogP contribution in [-0.2, 0) is 13.8 Å². The van der Waals surface area contributed by atoms with E-state index in [4.69, 9.17) is 10.7 Å². The van der Waals surface area contributed by atoms with E-state index in [2.05, 4.69) is 0 Å². The van der Waals surface area contributed by atoms with Crippen LogP contribution >= 0.6 is 10.7 Å². The fourth-order valence-corrected chi connectivity index (χ4v) is 3.51. The molecule has 1 heterocycles. The molecule has 1 aliphatic rings. The van der Waals surface area contributed by atoms with Crippen molar-refractivity contribution in [3.63, 3.8) is 0 Å². The minimum absolute atomic E-state index is 0.0232. The average molecular weight is 346 g/mol. The zero-order valence-corrected chi connectivity index (χ0v) is 11.8. The normalized spacial score (nSPS) is 19.4. The second-order valence-corrected chi connectivity index (χ2v) is 7.42. The van der Waals surface area contributed by atoms with Crippen LogP contribution in [0.15, 0.2) is 6.07 Å². The first-order chi connectivity index (χ1) is 9.60. The smallest absolute Gasteiger partial charge is 0.232 e. The van der Waals surface area contributed by atoms with Gasteiger partial charge in [0.05, 0.1) is 5.75 Å². The summed E-state index contributed by atoms with van der Waals surface area (Å²) in [5, 5.41) is 0. The third-order valence-corrected chi connectivity index (χ3v) is 4.25. The van der Waals surface area contributed by atoms with Crippen LogP contribution < -0.4 is 4.90 Å². The van der Waals surface area contributed by atoms with Crippen molar-refractivity contribution in [2.45, 2.75) is 6.42 Å². The van der Waals surface area contributed by atoms with Crippen molar-refractivity contribution in [1.82, 2.24) is 0 Å². The zero-order valence-electron chi connectivity index (χ0n) is 10.2. The molecule has 0 radical (unpaired) electrons. The molecule has 1 saturated heterocycles. The standard InChI is InChI=1S/C11H8ClF4NO3S/c12-21(19,20)4-5-1-8(18)17(3-5)11-9(15)6(13)2-7(14)10(11)16/h2,5H,1,3-4H2. The summed E-state index contributed by atoms with van der Waals surface area (Å²) < 4.78 is 75.4. The van der Waals surface area contributed by atoms with Gasteiger partial charge >= 0.3 is 0 Å². The van der Waals surface area contributed by atoms with E-state index in [1.54, 1.807) is 0 Å². The molecule has 1 aliphatic heterocycles. The molecular formula is C11H8ClF4NO3S. The van der Waals surface area contributed by atoms with E-state index in [0.717, 1.165) is 0 Å². The van der Waals surface area contributed by atoms with Gasteiger partial charge in [0, 0.05) is 35.6 Å². The fraction of sp³-hybridized carbons (Fsp3) is 0.364. The summed E-state index contributed by atoms with van der Waals surface area (Å²) in [6, 6.07) is 0.0232. The molecule has 1 amide bonds. The topological polar surface area (TPSA) is 54.5 Å². The molecule has 0 N–H and O–H groups in total. The highest BCUT2D eigenvalue weighted by Crippen LogP contribution is 2.33. The number of carbonyl (C=O) groups is 1. The Morgan fingerprint density at radius 3 is 2.19 bits per heavy atom. The van der Waals surface area contributed by atoms with Gasteiger partial charge in [-0.1, -0.05) is 0 Å². The minimum atomic E-state index is -3.92. The quantitative estimate of drug-likeness (QED) is 0.479. The number of hydrogen-bond acceptors (Lipinski definition) is 3. The van der Waals surface area contributed by atoms with E-state index in [1.807, 2.05) is 0 Å². The van der Waals surface area contributed by atoms with Crippen LogP contribution in [0.25, 0.3) is 0 Å². The van der Waals surface area contributed by atoms with Crippen molar-refractivity contribution in [3.8, 4) is 0 Å². The van der Waals surface area contributed by atoms with Crippen molar-refractivity contribution < 1.29 is 30.8 Å². The zero-order chi connectivity index (χ0) is 15.9. The van der Waals surface area contributed by atoms with Gasteiger partial charge in [-0.2, -0.15) is 0 Å². The molecule has 116 valence electrons. The van der Waals surface area contributed by atoms with Gasteiger partial charge in [0.25, 0.3) is 0 Å². The maximum absolute atomic E-state index is 13.6. The lowest BCUT2D eigenvalue weighted by Gasteiger charge is -2.18. The van der Waals surface area contributed by atoms with Crippen molar-refractivity contribution in [2.75, 3.05) is 17.2 Å². The van der Waals surface area contributed by atoms with Crippen LogP contribution in [0.3, 0.4) is 0 Å². The van der Waals surface area contributed by atoms with Crippen molar-refractivity contribution in [1.29, 1.82) is 0 Å². The largest absolute Gasteiger partial charge is 0.307 e. The van der Waals surface area contributed by atoms with Crippen molar-refractivity contribution in [3.05, 3.63) is 29.3 Å². The SMILES string of the molecule is O=C1CC(CS(=O)(=O)Cl)CN1c1c(F)c(F)cc(F)c1F. The highest BCUT2D eigenvalue weighted by atomic mass is 35.7. The molecule has 10 heteroatoms. The van der Waals surface area contributed by atoms with Crippen LogP contribution in [0, 0.1) is 29.2 Å². The van der Waals surface area contributed by atoms with Gasteiger partial charge in [0.2, 0.25) is 15.0 Å². The summed E-state index contributed by atoms with van der Waals surface area (Å²) in [6.45, 7) is -0.401. The van der Waals surface area contributed by atoms with E-state index in [0.29, 0.717) is 4.90 Å². The molecule has 0 aliphatic carbocycles. The van der Waals surface area contributed by atoms with Gasteiger partial charge in [-0.05, 0) is 0 Å². The Kier molecular flexibility index (Phi) is 4.16. The first-order valence-electron chi connectivity index (χ1n) is 5.66. The van der Waals surface area contributed by atoms with Gasteiger partial charge in [0.15, 0.2) is 23.3 Å². The first kappa shape index (κ1) is 16.0.